The number of amides is 1. The van der Waals surface area contributed by atoms with E-state index < -0.39 is 10.0 Å². The number of sulfonamides is 1. The van der Waals surface area contributed by atoms with Crippen LogP contribution in [0.2, 0.25) is 0 Å². The molecule has 0 aliphatic carbocycles. The van der Waals surface area contributed by atoms with Crippen LogP contribution in [0.4, 0.5) is 11.1 Å². The molecule has 2 heterocycles. The number of anilines is 2. The molecule has 4 rings (SSSR count). The summed E-state index contributed by atoms with van der Waals surface area (Å²) in [6, 6.07) is 14.0. The van der Waals surface area contributed by atoms with E-state index in [4.69, 9.17) is 0 Å². The van der Waals surface area contributed by atoms with Crippen LogP contribution in [-0.4, -0.2) is 29.3 Å². The molecule has 31 heavy (non-hydrogen) atoms. The molecule has 2 N–H and O–H groups in total. The number of carbonyl (C=O) groups is 1. The van der Waals surface area contributed by atoms with Gasteiger partial charge in [-0.2, -0.15) is 0 Å². The first-order chi connectivity index (χ1) is 14.8. The van der Waals surface area contributed by atoms with E-state index >= 15 is 0 Å². The minimum Gasteiger partial charge on any atom is -0.302 e. The quantitative estimate of drug-likeness (QED) is 0.455. The zero-order valence-corrected chi connectivity index (χ0v) is 18.4. The zero-order valence-electron chi connectivity index (χ0n) is 16.8. The number of thiazole rings is 1. The fourth-order valence-electron chi connectivity index (χ4n) is 2.94. The molecule has 8 nitrogen and oxygen atoms in total. The summed E-state index contributed by atoms with van der Waals surface area (Å²) in [6.45, 7) is 3.43. The van der Waals surface area contributed by atoms with Crippen molar-refractivity contribution in [2.45, 2.75) is 25.2 Å². The largest absolute Gasteiger partial charge is 0.302 e. The van der Waals surface area contributed by atoms with Crippen LogP contribution in [0.5, 0.6) is 0 Å². The van der Waals surface area contributed by atoms with Crippen molar-refractivity contribution in [1.82, 2.24) is 15.0 Å². The van der Waals surface area contributed by atoms with Crippen molar-refractivity contribution in [3.63, 3.8) is 0 Å². The van der Waals surface area contributed by atoms with Crippen LogP contribution < -0.4 is 10.0 Å². The van der Waals surface area contributed by atoms with Crippen LogP contribution in [0.15, 0.2) is 59.6 Å². The Labute approximate surface area is 183 Å². The summed E-state index contributed by atoms with van der Waals surface area (Å²) in [6.07, 6.45) is 2.33. The third kappa shape index (κ3) is 4.70. The highest BCUT2D eigenvalue weighted by Gasteiger charge is 2.16. The molecule has 2 aromatic heterocycles. The molecule has 0 atom stereocenters. The lowest BCUT2D eigenvalue weighted by molar-refractivity contribution is -0.114. The molecule has 10 heteroatoms. The highest BCUT2D eigenvalue weighted by atomic mass is 32.2. The number of hydrogen-bond donors (Lipinski definition) is 2. The summed E-state index contributed by atoms with van der Waals surface area (Å²) in [5.41, 5.74) is 3.14. The van der Waals surface area contributed by atoms with Gasteiger partial charge in [0.15, 0.2) is 5.13 Å². The third-order valence-corrected chi connectivity index (χ3v) is 6.77. The van der Waals surface area contributed by atoms with Gasteiger partial charge >= 0.3 is 0 Å². The molecular formula is C21H19N5O3S2. The molecule has 2 aromatic carbocycles. The summed E-state index contributed by atoms with van der Waals surface area (Å²) < 4.78 is 28.7. The van der Waals surface area contributed by atoms with E-state index in [9.17, 15) is 13.2 Å². The van der Waals surface area contributed by atoms with Crippen LogP contribution in [0.1, 0.15) is 19.4 Å². The summed E-state index contributed by atoms with van der Waals surface area (Å²) in [5.74, 6) is -0.197. The lowest BCUT2D eigenvalue weighted by Crippen LogP contribution is -2.15. The summed E-state index contributed by atoms with van der Waals surface area (Å²) >= 11 is 1.35. The second-order valence-electron chi connectivity index (χ2n) is 6.75. The molecule has 0 aliphatic rings. The van der Waals surface area contributed by atoms with Gasteiger partial charge in [-0.05, 0) is 42.3 Å². The van der Waals surface area contributed by atoms with Crippen molar-refractivity contribution in [3.8, 4) is 11.3 Å². The number of rotatable bonds is 6. The number of aryl methyl sites for hydroxylation is 1. The molecule has 0 aliphatic heterocycles. The fraction of sp³-hybridized carbons (Fsp3) is 0.143. The predicted molar refractivity (Wildman–Crippen MR) is 122 cm³/mol. The van der Waals surface area contributed by atoms with Crippen LogP contribution in [0.3, 0.4) is 0 Å². The highest BCUT2D eigenvalue weighted by molar-refractivity contribution is 7.92. The summed E-state index contributed by atoms with van der Waals surface area (Å²) in [4.78, 5) is 24.2. The van der Waals surface area contributed by atoms with Crippen molar-refractivity contribution in [1.29, 1.82) is 0 Å². The molecular weight excluding hydrogens is 434 g/mol. The smallest absolute Gasteiger partial charge is 0.264 e. The number of carbonyl (C=O) groups excluding carboxylic acids is 1. The van der Waals surface area contributed by atoms with Gasteiger partial charge in [-0.3, -0.25) is 4.79 Å². The number of nitrogens with one attached hydrogen (secondary N) is 2. The average Bonchev–Trinajstić information content (AvgIpc) is 3.14. The number of aromatic nitrogens is 3. The van der Waals surface area contributed by atoms with E-state index in [0.717, 1.165) is 27.8 Å². The Hall–Kier alpha value is -3.37. The van der Waals surface area contributed by atoms with Crippen molar-refractivity contribution >= 4 is 48.6 Å². The number of benzene rings is 2. The van der Waals surface area contributed by atoms with Crippen molar-refractivity contribution < 1.29 is 13.2 Å². The Morgan fingerprint density at radius 1 is 1.06 bits per heavy atom. The van der Waals surface area contributed by atoms with Gasteiger partial charge in [0, 0.05) is 18.7 Å². The van der Waals surface area contributed by atoms with Gasteiger partial charge < -0.3 is 5.32 Å². The molecule has 1 amide bonds. The first kappa shape index (κ1) is 20.9. The van der Waals surface area contributed by atoms with E-state index in [1.165, 1.54) is 24.5 Å². The highest BCUT2D eigenvalue weighted by Crippen LogP contribution is 2.30. The molecule has 0 unspecified atom stereocenters. The topological polar surface area (TPSA) is 114 Å². The normalized spacial score (nSPS) is 11.4. The molecule has 4 aromatic rings. The fourth-order valence-corrected chi connectivity index (χ4v) is 4.84. The minimum absolute atomic E-state index is 0.0135. The van der Waals surface area contributed by atoms with Gasteiger partial charge in [-0.15, -0.1) is 0 Å². The lowest BCUT2D eigenvalue weighted by Gasteiger charge is -2.08. The van der Waals surface area contributed by atoms with Gasteiger partial charge in [0.25, 0.3) is 10.0 Å². The lowest BCUT2D eigenvalue weighted by atomic mass is 10.1. The molecule has 0 spiro atoms. The maximum absolute atomic E-state index is 12.7. The van der Waals surface area contributed by atoms with Gasteiger partial charge in [-0.1, -0.05) is 36.5 Å². The Bertz CT molecular complexity index is 1370. The number of fused-ring (bicyclic) bond motifs is 1. The Morgan fingerprint density at radius 2 is 1.84 bits per heavy atom. The molecule has 0 saturated carbocycles. The SMILES string of the molecule is CCc1ccc(S(=O)(=O)Nc2nccc(-c3ccc4nc(NC(C)=O)sc4c3)n2)cc1. The van der Waals surface area contributed by atoms with Crippen LogP contribution in [-0.2, 0) is 21.2 Å². The van der Waals surface area contributed by atoms with E-state index in [1.807, 2.05) is 25.1 Å². The Kier molecular flexibility index (Phi) is 5.66. The maximum Gasteiger partial charge on any atom is 0.264 e. The molecule has 0 saturated heterocycles. The second kappa shape index (κ2) is 8.40. The predicted octanol–water partition coefficient (Wildman–Crippen LogP) is 4.07. The average molecular weight is 454 g/mol. The van der Waals surface area contributed by atoms with Gasteiger partial charge in [0.2, 0.25) is 11.9 Å². The standard InChI is InChI=1S/C21H19N5O3S2/c1-3-14-4-7-16(8-5-14)31(28,29)26-20-22-11-10-17(24-20)15-6-9-18-19(12-15)30-21(25-18)23-13(2)27/h4-12H,3H2,1-2H3,(H,22,24,26)(H,23,25,27). The van der Waals surface area contributed by atoms with Gasteiger partial charge in [0.1, 0.15) is 0 Å². The van der Waals surface area contributed by atoms with E-state index in [1.54, 1.807) is 30.3 Å². The van der Waals surface area contributed by atoms with Crippen molar-refractivity contribution in [2.24, 2.45) is 0 Å². The Morgan fingerprint density at radius 3 is 2.55 bits per heavy atom. The molecule has 158 valence electrons. The number of nitrogens with zero attached hydrogens (tertiary/aromatic N) is 3. The molecule has 0 fully saturated rings. The summed E-state index contributed by atoms with van der Waals surface area (Å²) in [7, 11) is -3.80. The Balaban J connectivity index is 1.61. The first-order valence-electron chi connectivity index (χ1n) is 9.47. The molecule has 0 radical (unpaired) electrons. The van der Waals surface area contributed by atoms with Crippen molar-refractivity contribution in [2.75, 3.05) is 10.0 Å². The first-order valence-corrected chi connectivity index (χ1v) is 11.8. The van der Waals surface area contributed by atoms with Crippen LogP contribution in [0.25, 0.3) is 21.5 Å². The number of hydrogen-bond acceptors (Lipinski definition) is 7. The summed E-state index contributed by atoms with van der Waals surface area (Å²) in [5, 5.41) is 3.20. The maximum atomic E-state index is 12.7. The van der Waals surface area contributed by atoms with Gasteiger partial charge in [-0.25, -0.2) is 28.1 Å². The van der Waals surface area contributed by atoms with E-state index in [2.05, 4.69) is 25.0 Å². The van der Waals surface area contributed by atoms with Crippen molar-refractivity contribution in [3.05, 3.63) is 60.3 Å². The van der Waals surface area contributed by atoms with Crippen LogP contribution >= 0.6 is 11.3 Å². The zero-order chi connectivity index (χ0) is 22.0. The third-order valence-electron chi connectivity index (χ3n) is 4.49. The van der Waals surface area contributed by atoms with Crippen LogP contribution in [0, 0.1) is 0 Å². The van der Waals surface area contributed by atoms with Gasteiger partial charge in [0.05, 0.1) is 20.8 Å². The second-order valence-corrected chi connectivity index (χ2v) is 9.46. The van der Waals surface area contributed by atoms with E-state index in [0.29, 0.717) is 10.8 Å². The minimum atomic E-state index is -3.80. The monoisotopic (exact) mass is 453 g/mol. The molecule has 0 bridgehead atoms. The van der Waals surface area contributed by atoms with E-state index in [-0.39, 0.29) is 16.8 Å².